The maximum Gasteiger partial charge on any atom is 0.227 e. The summed E-state index contributed by atoms with van der Waals surface area (Å²) in [5.74, 6) is 0.267. The predicted molar refractivity (Wildman–Crippen MR) is 117 cm³/mol. The molecule has 0 spiro atoms. The van der Waals surface area contributed by atoms with Crippen molar-refractivity contribution in [3.05, 3.63) is 53.2 Å². The van der Waals surface area contributed by atoms with Gasteiger partial charge in [-0.1, -0.05) is 25.0 Å². The average molecular weight is 406 g/mol. The van der Waals surface area contributed by atoms with Gasteiger partial charge in [0.2, 0.25) is 5.91 Å². The summed E-state index contributed by atoms with van der Waals surface area (Å²) in [7, 11) is 0. The van der Waals surface area contributed by atoms with E-state index in [1.54, 1.807) is 22.7 Å². The van der Waals surface area contributed by atoms with E-state index in [-0.39, 0.29) is 11.8 Å². The summed E-state index contributed by atoms with van der Waals surface area (Å²) >= 11 is 3.33. The second-order valence-corrected chi connectivity index (χ2v) is 8.94. The normalized spacial score (nSPS) is 14.6. The number of benzene rings is 1. The zero-order chi connectivity index (χ0) is 18.9. The van der Waals surface area contributed by atoms with E-state index in [2.05, 4.69) is 28.2 Å². The summed E-state index contributed by atoms with van der Waals surface area (Å²) in [4.78, 5) is 24.5. The largest absolute Gasteiger partial charge is 0.326 e. The number of amides is 1. The van der Waals surface area contributed by atoms with Crippen molar-refractivity contribution in [2.75, 3.05) is 5.32 Å². The number of rotatable bonds is 4. The van der Waals surface area contributed by atoms with Crippen LogP contribution in [0.5, 0.6) is 0 Å². The van der Waals surface area contributed by atoms with Gasteiger partial charge in [-0.05, 0) is 53.9 Å². The Morgan fingerprint density at radius 3 is 2.14 bits per heavy atom. The fourth-order valence-corrected chi connectivity index (χ4v) is 5.16. The number of nitrogens with zero attached hydrogens (tertiary/aromatic N) is 2. The van der Waals surface area contributed by atoms with Crippen molar-refractivity contribution in [3.8, 4) is 21.1 Å². The van der Waals surface area contributed by atoms with Gasteiger partial charge in [0.1, 0.15) is 11.4 Å². The minimum atomic E-state index is 0.124. The van der Waals surface area contributed by atoms with E-state index in [0.717, 1.165) is 63.5 Å². The first-order valence-electron chi connectivity index (χ1n) is 9.48. The SMILES string of the molecule is O=C(Nc1ccc2nc(-c3cccs3)c(-c3cccs3)nc2c1)C1CCCC1. The summed E-state index contributed by atoms with van der Waals surface area (Å²) in [6, 6.07) is 14.0. The average Bonchev–Trinajstić information content (AvgIpc) is 3.50. The van der Waals surface area contributed by atoms with Crippen LogP contribution >= 0.6 is 22.7 Å². The van der Waals surface area contributed by atoms with E-state index in [1.165, 1.54) is 0 Å². The van der Waals surface area contributed by atoms with Gasteiger partial charge in [-0.3, -0.25) is 4.79 Å². The first-order chi connectivity index (χ1) is 13.8. The van der Waals surface area contributed by atoms with E-state index in [4.69, 9.17) is 9.97 Å². The fourth-order valence-electron chi connectivity index (χ4n) is 3.73. The molecule has 6 heteroatoms. The molecular formula is C22H19N3OS2. The number of hydrogen-bond donors (Lipinski definition) is 1. The Kier molecular flexibility index (Phi) is 4.66. The summed E-state index contributed by atoms with van der Waals surface area (Å²) in [5.41, 5.74) is 4.23. The van der Waals surface area contributed by atoms with Crippen molar-refractivity contribution < 1.29 is 4.79 Å². The van der Waals surface area contributed by atoms with Crippen LogP contribution in [0.2, 0.25) is 0 Å². The van der Waals surface area contributed by atoms with Crippen molar-refractivity contribution in [2.24, 2.45) is 5.92 Å². The van der Waals surface area contributed by atoms with Crippen molar-refractivity contribution >= 4 is 45.3 Å². The van der Waals surface area contributed by atoms with E-state index in [1.807, 2.05) is 30.3 Å². The van der Waals surface area contributed by atoms with E-state index in [0.29, 0.717) is 0 Å². The molecule has 1 aliphatic carbocycles. The number of hydrogen-bond acceptors (Lipinski definition) is 5. The van der Waals surface area contributed by atoms with Gasteiger partial charge >= 0.3 is 0 Å². The topological polar surface area (TPSA) is 54.9 Å². The standard InChI is InChI=1S/C22H19N3OS2/c26-22(14-5-1-2-6-14)23-15-9-10-16-17(13-15)25-21(19-8-4-12-28-19)20(24-16)18-7-3-11-27-18/h3-4,7-14H,1-2,5-6H2,(H,23,26). The van der Waals surface area contributed by atoms with Gasteiger partial charge in [0.25, 0.3) is 0 Å². The molecule has 1 fully saturated rings. The Bertz CT molecular complexity index is 1110. The lowest BCUT2D eigenvalue weighted by atomic mass is 10.1. The van der Waals surface area contributed by atoms with Gasteiger partial charge in [0.15, 0.2) is 0 Å². The van der Waals surface area contributed by atoms with Crippen LogP contribution < -0.4 is 5.32 Å². The zero-order valence-electron chi connectivity index (χ0n) is 15.2. The highest BCUT2D eigenvalue weighted by molar-refractivity contribution is 7.14. The maximum atomic E-state index is 12.5. The van der Waals surface area contributed by atoms with Crippen LogP contribution in [0, 0.1) is 5.92 Å². The Morgan fingerprint density at radius 2 is 1.54 bits per heavy atom. The molecule has 1 N–H and O–H groups in total. The Morgan fingerprint density at radius 1 is 0.893 bits per heavy atom. The molecule has 0 unspecified atom stereocenters. The molecule has 1 saturated carbocycles. The summed E-state index contributed by atoms with van der Waals surface area (Å²) in [6.45, 7) is 0. The molecule has 1 aliphatic rings. The lowest BCUT2D eigenvalue weighted by molar-refractivity contribution is -0.119. The van der Waals surface area contributed by atoms with Crippen LogP contribution in [-0.4, -0.2) is 15.9 Å². The third-order valence-electron chi connectivity index (χ3n) is 5.17. The minimum absolute atomic E-state index is 0.124. The molecule has 0 atom stereocenters. The molecule has 5 rings (SSSR count). The van der Waals surface area contributed by atoms with Crippen LogP contribution in [0.25, 0.3) is 32.2 Å². The summed E-state index contributed by atoms with van der Waals surface area (Å²) in [6.07, 6.45) is 4.28. The highest BCUT2D eigenvalue weighted by Crippen LogP contribution is 2.36. The number of thiophene rings is 2. The molecule has 3 heterocycles. The molecule has 4 aromatic rings. The molecular weight excluding hydrogens is 386 g/mol. The van der Waals surface area contributed by atoms with E-state index < -0.39 is 0 Å². The molecule has 4 nitrogen and oxygen atoms in total. The fraction of sp³-hybridized carbons (Fsp3) is 0.227. The third-order valence-corrected chi connectivity index (χ3v) is 6.92. The van der Waals surface area contributed by atoms with Gasteiger partial charge < -0.3 is 5.32 Å². The van der Waals surface area contributed by atoms with E-state index >= 15 is 0 Å². The first-order valence-corrected chi connectivity index (χ1v) is 11.2. The Hall–Kier alpha value is -2.57. The number of aromatic nitrogens is 2. The summed E-state index contributed by atoms with van der Waals surface area (Å²) < 4.78 is 0. The monoisotopic (exact) mass is 405 g/mol. The molecule has 0 aliphatic heterocycles. The number of anilines is 1. The second-order valence-electron chi connectivity index (χ2n) is 7.05. The lowest BCUT2D eigenvalue weighted by Crippen LogP contribution is -2.20. The molecule has 0 saturated heterocycles. The zero-order valence-corrected chi connectivity index (χ0v) is 16.9. The molecule has 3 aromatic heterocycles. The van der Waals surface area contributed by atoms with Crippen molar-refractivity contribution in [1.29, 1.82) is 0 Å². The number of carbonyl (C=O) groups is 1. The van der Waals surface area contributed by atoms with Crippen LogP contribution in [0.15, 0.2) is 53.2 Å². The molecule has 1 amide bonds. The molecule has 1 aromatic carbocycles. The maximum absolute atomic E-state index is 12.5. The van der Waals surface area contributed by atoms with Gasteiger partial charge in [-0.15, -0.1) is 22.7 Å². The third kappa shape index (κ3) is 3.34. The lowest BCUT2D eigenvalue weighted by Gasteiger charge is -2.12. The smallest absolute Gasteiger partial charge is 0.227 e. The number of carbonyl (C=O) groups excluding carboxylic acids is 1. The minimum Gasteiger partial charge on any atom is -0.326 e. The second kappa shape index (κ2) is 7.45. The number of fused-ring (bicyclic) bond motifs is 1. The van der Waals surface area contributed by atoms with Gasteiger partial charge in [-0.25, -0.2) is 9.97 Å². The first kappa shape index (κ1) is 17.5. The van der Waals surface area contributed by atoms with Crippen molar-refractivity contribution in [2.45, 2.75) is 25.7 Å². The van der Waals surface area contributed by atoms with Crippen LogP contribution in [0.4, 0.5) is 5.69 Å². The quantitative estimate of drug-likeness (QED) is 0.439. The highest BCUT2D eigenvalue weighted by atomic mass is 32.1. The predicted octanol–water partition coefficient (Wildman–Crippen LogP) is 6.22. The highest BCUT2D eigenvalue weighted by Gasteiger charge is 2.23. The summed E-state index contributed by atoms with van der Waals surface area (Å²) in [5, 5.41) is 7.18. The van der Waals surface area contributed by atoms with Gasteiger partial charge in [0.05, 0.1) is 20.8 Å². The molecule has 28 heavy (non-hydrogen) atoms. The molecule has 0 radical (unpaired) electrons. The van der Waals surface area contributed by atoms with Crippen LogP contribution in [0.3, 0.4) is 0 Å². The van der Waals surface area contributed by atoms with Gasteiger partial charge in [-0.2, -0.15) is 0 Å². The Labute approximate surface area is 171 Å². The van der Waals surface area contributed by atoms with E-state index in [9.17, 15) is 4.79 Å². The Balaban J connectivity index is 1.56. The molecule has 140 valence electrons. The molecule has 0 bridgehead atoms. The number of nitrogens with one attached hydrogen (secondary N) is 1. The van der Waals surface area contributed by atoms with Crippen molar-refractivity contribution in [3.63, 3.8) is 0 Å². The van der Waals surface area contributed by atoms with Crippen LogP contribution in [-0.2, 0) is 4.79 Å². The van der Waals surface area contributed by atoms with Gasteiger partial charge in [0, 0.05) is 11.6 Å². The van der Waals surface area contributed by atoms with Crippen LogP contribution in [0.1, 0.15) is 25.7 Å². The van der Waals surface area contributed by atoms with Crippen molar-refractivity contribution in [1.82, 2.24) is 9.97 Å².